The number of nitrogens with zero attached hydrogens (tertiary/aromatic N) is 1. The Balaban J connectivity index is 2.30. The fourth-order valence-corrected chi connectivity index (χ4v) is 1.57. The number of hydrogen-bond acceptors (Lipinski definition) is 3. The quantitative estimate of drug-likeness (QED) is 0.631. The van der Waals surface area contributed by atoms with Crippen molar-refractivity contribution < 1.29 is 15.0 Å². The minimum atomic E-state index is -0.736. The number of aliphatic carboxylic acids is 1. The number of hydrogen-bond donors (Lipinski definition) is 2. The van der Waals surface area contributed by atoms with Gasteiger partial charge in [-0.05, 0) is 19.3 Å². The molecule has 1 saturated carbocycles. The number of aliphatic hydroxyl groups is 1. The largest absolute Gasteiger partial charge is 0.481 e. The molecule has 1 unspecified atom stereocenters. The van der Waals surface area contributed by atoms with Gasteiger partial charge < -0.3 is 10.2 Å². The van der Waals surface area contributed by atoms with Crippen LogP contribution < -0.4 is 0 Å². The van der Waals surface area contributed by atoms with Crippen LogP contribution in [0.15, 0.2) is 0 Å². The standard InChI is InChI=1S/C10H19NO3/c1-8(10(13)14)7-11(5-2-6-12)9-3-4-9/h8-9,12H,2-7H2,1H3,(H,13,14). The van der Waals surface area contributed by atoms with E-state index in [1.54, 1.807) is 6.92 Å². The summed E-state index contributed by atoms with van der Waals surface area (Å²) < 4.78 is 0. The first-order valence-corrected chi connectivity index (χ1v) is 5.23. The zero-order valence-electron chi connectivity index (χ0n) is 8.65. The second kappa shape index (κ2) is 5.32. The highest BCUT2D eigenvalue weighted by Crippen LogP contribution is 2.27. The van der Waals surface area contributed by atoms with Gasteiger partial charge in [0.1, 0.15) is 0 Å². The van der Waals surface area contributed by atoms with Crippen LogP contribution in [0.4, 0.5) is 0 Å². The van der Waals surface area contributed by atoms with Crippen LogP contribution >= 0.6 is 0 Å². The van der Waals surface area contributed by atoms with Crippen LogP contribution in [0.1, 0.15) is 26.2 Å². The molecule has 1 fully saturated rings. The predicted octanol–water partition coefficient (Wildman–Crippen LogP) is 0.554. The molecule has 1 rings (SSSR count). The van der Waals surface area contributed by atoms with Crippen LogP contribution in [0.3, 0.4) is 0 Å². The Morgan fingerprint density at radius 3 is 2.64 bits per heavy atom. The molecule has 82 valence electrons. The van der Waals surface area contributed by atoms with Crippen LogP contribution in [0, 0.1) is 5.92 Å². The number of aliphatic hydroxyl groups excluding tert-OH is 1. The lowest BCUT2D eigenvalue weighted by molar-refractivity contribution is -0.141. The SMILES string of the molecule is CC(CN(CCCO)C1CC1)C(=O)O. The summed E-state index contributed by atoms with van der Waals surface area (Å²) >= 11 is 0. The third kappa shape index (κ3) is 3.64. The van der Waals surface area contributed by atoms with Crippen LogP contribution in [-0.4, -0.2) is 46.8 Å². The van der Waals surface area contributed by atoms with Crippen LogP contribution in [0.25, 0.3) is 0 Å². The summed E-state index contributed by atoms with van der Waals surface area (Å²) in [4.78, 5) is 12.9. The molecule has 0 aromatic rings. The van der Waals surface area contributed by atoms with Gasteiger partial charge in [0.15, 0.2) is 0 Å². The topological polar surface area (TPSA) is 60.8 Å². The van der Waals surface area contributed by atoms with Crippen molar-refractivity contribution in [2.75, 3.05) is 19.7 Å². The molecule has 1 aliphatic carbocycles. The predicted molar refractivity (Wildman–Crippen MR) is 53.1 cm³/mol. The van der Waals surface area contributed by atoms with Crippen molar-refractivity contribution in [3.8, 4) is 0 Å². The van der Waals surface area contributed by atoms with Gasteiger partial charge in [-0.3, -0.25) is 9.69 Å². The van der Waals surface area contributed by atoms with Gasteiger partial charge in [0.05, 0.1) is 5.92 Å². The average molecular weight is 201 g/mol. The van der Waals surface area contributed by atoms with E-state index in [2.05, 4.69) is 4.90 Å². The lowest BCUT2D eigenvalue weighted by atomic mass is 10.1. The molecule has 14 heavy (non-hydrogen) atoms. The van der Waals surface area contributed by atoms with Gasteiger partial charge in [0.2, 0.25) is 0 Å². The first kappa shape index (κ1) is 11.5. The Hall–Kier alpha value is -0.610. The zero-order valence-corrected chi connectivity index (χ0v) is 8.65. The van der Waals surface area contributed by atoms with Crippen LogP contribution in [0.5, 0.6) is 0 Å². The van der Waals surface area contributed by atoms with Crippen LogP contribution in [0.2, 0.25) is 0 Å². The van der Waals surface area contributed by atoms with E-state index in [1.165, 1.54) is 12.8 Å². The van der Waals surface area contributed by atoms with E-state index >= 15 is 0 Å². The maximum Gasteiger partial charge on any atom is 0.307 e. The molecule has 0 aromatic carbocycles. The van der Waals surface area contributed by atoms with E-state index < -0.39 is 5.97 Å². The number of carboxylic acid groups (broad SMARTS) is 1. The van der Waals surface area contributed by atoms with Gasteiger partial charge in [-0.1, -0.05) is 6.92 Å². The molecule has 0 bridgehead atoms. The van der Waals surface area contributed by atoms with Gasteiger partial charge in [-0.15, -0.1) is 0 Å². The van der Waals surface area contributed by atoms with E-state index in [1.807, 2.05) is 0 Å². The van der Waals surface area contributed by atoms with Crippen molar-refractivity contribution in [2.24, 2.45) is 5.92 Å². The minimum absolute atomic E-state index is 0.185. The summed E-state index contributed by atoms with van der Waals surface area (Å²) in [5, 5.41) is 17.5. The average Bonchev–Trinajstić information content (AvgIpc) is 2.94. The van der Waals surface area contributed by atoms with Crippen molar-refractivity contribution in [1.29, 1.82) is 0 Å². The summed E-state index contributed by atoms with van der Waals surface area (Å²) in [6, 6.07) is 0.573. The molecule has 0 aromatic heterocycles. The third-order valence-electron chi connectivity index (χ3n) is 2.60. The van der Waals surface area contributed by atoms with Gasteiger partial charge in [-0.2, -0.15) is 0 Å². The van der Waals surface area contributed by atoms with E-state index in [0.29, 0.717) is 12.6 Å². The monoisotopic (exact) mass is 201 g/mol. The summed E-state index contributed by atoms with van der Waals surface area (Å²) in [5.74, 6) is -1.05. The summed E-state index contributed by atoms with van der Waals surface area (Å²) in [6.45, 7) is 3.35. The van der Waals surface area contributed by atoms with E-state index in [4.69, 9.17) is 10.2 Å². The second-order valence-electron chi connectivity index (χ2n) is 4.04. The molecule has 1 atom stereocenters. The molecule has 1 aliphatic rings. The minimum Gasteiger partial charge on any atom is -0.481 e. The van der Waals surface area contributed by atoms with E-state index in [0.717, 1.165) is 13.0 Å². The molecule has 4 nitrogen and oxygen atoms in total. The van der Waals surface area contributed by atoms with Gasteiger partial charge in [0, 0.05) is 25.7 Å². The van der Waals surface area contributed by atoms with E-state index in [9.17, 15) is 4.79 Å². The molecule has 0 radical (unpaired) electrons. The Kier molecular flexibility index (Phi) is 4.35. The molecule has 0 amide bonds. The van der Waals surface area contributed by atoms with Crippen molar-refractivity contribution >= 4 is 5.97 Å². The lowest BCUT2D eigenvalue weighted by Crippen LogP contribution is -2.34. The zero-order chi connectivity index (χ0) is 10.6. The van der Waals surface area contributed by atoms with Crippen molar-refractivity contribution in [3.63, 3.8) is 0 Å². The van der Waals surface area contributed by atoms with E-state index in [-0.39, 0.29) is 12.5 Å². The first-order chi connectivity index (χ1) is 6.65. The summed E-state index contributed by atoms with van der Waals surface area (Å²) in [6.07, 6.45) is 3.10. The van der Waals surface area contributed by atoms with Crippen LogP contribution in [-0.2, 0) is 4.79 Å². The van der Waals surface area contributed by atoms with Crippen molar-refractivity contribution in [2.45, 2.75) is 32.2 Å². The number of carbonyl (C=O) groups is 1. The molecular weight excluding hydrogens is 182 g/mol. The third-order valence-corrected chi connectivity index (χ3v) is 2.60. The number of rotatable bonds is 7. The smallest absolute Gasteiger partial charge is 0.307 e. The Morgan fingerprint density at radius 2 is 2.21 bits per heavy atom. The van der Waals surface area contributed by atoms with Gasteiger partial charge in [0.25, 0.3) is 0 Å². The highest BCUT2D eigenvalue weighted by atomic mass is 16.4. The Labute approximate surface area is 84.5 Å². The molecule has 0 saturated heterocycles. The summed E-state index contributed by atoms with van der Waals surface area (Å²) in [5.41, 5.74) is 0. The fraction of sp³-hybridized carbons (Fsp3) is 0.900. The van der Waals surface area contributed by atoms with Gasteiger partial charge in [-0.25, -0.2) is 0 Å². The molecular formula is C10H19NO3. The lowest BCUT2D eigenvalue weighted by Gasteiger charge is -2.23. The van der Waals surface area contributed by atoms with Crippen molar-refractivity contribution in [1.82, 2.24) is 4.90 Å². The van der Waals surface area contributed by atoms with Crippen molar-refractivity contribution in [3.05, 3.63) is 0 Å². The molecule has 0 heterocycles. The summed E-state index contributed by atoms with van der Waals surface area (Å²) in [7, 11) is 0. The highest BCUT2D eigenvalue weighted by molar-refractivity contribution is 5.69. The normalized spacial score (nSPS) is 18.5. The second-order valence-corrected chi connectivity index (χ2v) is 4.04. The van der Waals surface area contributed by atoms with Gasteiger partial charge >= 0.3 is 5.97 Å². The Bertz CT molecular complexity index is 192. The molecule has 2 N–H and O–H groups in total. The maximum absolute atomic E-state index is 10.7. The number of carboxylic acids is 1. The molecule has 0 spiro atoms. The first-order valence-electron chi connectivity index (χ1n) is 5.23. The molecule has 4 heteroatoms. The highest BCUT2D eigenvalue weighted by Gasteiger charge is 2.30. The Morgan fingerprint density at radius 1 is 1.57 bits per heavy atom. The maximum atomic E-state index is 10.7. The molecule has 0 aliphatic heterocycles. The fourth-order valence-electron chi connectivity index (χ4n) is 1.57.